The van der Waals surface area contributed by atoms with Gasteiger partial charge in [-0.2, -0.15) is 0 Å². The van der Waals surface area contributed by atoms with Gasteiger partial charge in [-0.1, -0.05) is 29.5 Å². The maximum Gasteiger partial charge on any atom is 0.337 e. The molecule has 1 fully saturated rings. The summed E-state index contributed by atoms with van der Waals surface area (Å²) in [5.41, 5.74) is 4.92. The predicted octanol–water partition coefficient (Wildman–Crippen LogP) is 5.65. The van der Waals surface area contributed by atoms with Crippen molar-refractivity contribution in [3.8, 4) is 5.75 Å². The van der Waals surface area contributed by atoms with Gasteiger partial charge in [0.05, 0.1) is 34.5 Å². The maximum atomic E-state index is 13.6. The first-order valence-corrected chi connectivity index (χ1v) is 13.6. The van der Waals surface area contributed by atoms with Crippen molar-refractivity contribution in [1.82, 2.24) is 4.98 Å². The van der Waals surface area contributed by atoms with Gasteiger partial charge in [-0.25, -0.2) is 9.78 Å². The molecule has 0 spiro atoms. The lowest BCUT2D eigenvalue weighted by Crippen LogP contribution is -2.29. The van der Waals surface area contributed by atoms with Gasteiger partial charge in [-0.15, -0.1) is 0 Å². The van der Waals surface area contributed by atoms with E-state index in [0.717, 1.165) is 32.7 Å². The summed E-state index contributed by atoms with van der Waals surface area (Å²) in [7, 11) is 1.30. The highest BCUT2D eigenvalue weighted by Gasteiger charge is 2.48. The summed E-state index contributed by atoms with van der Waals surface area (Å²) in [6, 6.07) is 14.7. The first kappa shape index (κ1) is 25.8. The number of nitrogens with zero attached hydrogens (tertiary/aromatic N) is 2. The number of rotatable bonds is 4. The van der Waals surface area contributed by atoms with Crippen molar-refractivity contribution < 1.29 is 29.0 Å². The zero-order valence-corrected chi connectivity index (χ0v) is 23.2. The fourth-order valence-corrected chi connectivity index (χ4v) is 6.62. The highest BCUT2D eigenvalue weighted by molar-refractivity contribution is 7.22. The number of ether oxygens (including phenoxy) is 2. The topological polar surface area (TPSA) is 106 Å². The maximum absolute atomic E-state index is 13.6. The van der Waals surface area contributed by atoms with Gasteiger partial charge in [0.25, 0.3) is 5.78 Å². The fraction of sp³-hybridized carbons (Fsp3) is 0.226. The molecule has 0 aliphatic carbocycles. The van der Waals surface area contributed by atoms with Crippen LogP contribution in [0.2, 0.25) is 0 Å². The Kier molecular flexibility index (Phi) is 6.18. The number of anilines is 1. The molecule has 0 saturated carbocycles. The molecule has 3 heterocycles. The van der Waals surface area contributed by atoms with Crippen LogP contribution < -0.4 is 9.64 Å². The van der Waals surface area contributed by atoms with Gasteiger partial charge in [0.1, 0.15) is 17.6 Å². The van der Waals surface area contributed by atoms with Crippen molar-refractivity contribution in [2.75, 3.05) is 12.0 Å². The minimum atomic E-state index is -0.961. The summed E-state index contributed by atoms with van der Waals surface area (Å²) in [6.07, 6.45) is 0.686. The molecule has 9 heteroatoms. The molecule has 0 bridgehead atoms. The molecule has 1 saturated heterocycles. The van der Waals surface area contributed by atoms with Gasteiger partial charge >= 0.3 is 11.9 Å². The Morgan fingerprint density at radius 1 is 1.07 bits per heavy atom. The number of ketones is 1. The van der Waals surface area contributed by atoms with E-state index in [-0.39, 0.29) is 17.4 Å². The molecular formula is C31H26N2O6S. The molecule has 1 amide bonds. The lowest BCUT2D eigenvalue weighted by Gasteiger charge is -2.23. The van der Waals surface area contributed by atoms with Crippen molar-refractivity contribution in [2.45, 2.75) is 39.3 Å². The summed E-state index contributed by atoms with van der Waals surface area (Å²) in [4.78, 5) is 45.4. The summed E-state index contributed by atoms with van der Waals surface area (Å²) in [6.45, 7) is 5.90. The highest BCUT2D eigenvalue weighted by atomic mass is 32.1. The molecule has 3 aromatic carbocycles. The van der Waals surface area contributed by atoms with Crippen molar-refractivity contribution >= 4 is 50.1 Å². The Balaban J connectivity index is 1.53. The number of aliphatic hydroxyl groups excluding tert-OH is 1. The van der Waals surface area contributed by atoms with Crippen LogP contribution in [-0.4, -0.2) is 41.0 Å². The number of amides is 1. The minimum Gasteiger partial charge on any atom is -0.507 e. The molecule has 40 heavy (non-hydrogen) atoms. The number of benzene rings is 3. The Bertz CT molecular complexity index is 1750. The Morgan fingerprint density at radius 3 is 2.52 bits per heavy atom. The second-order valence-electron chi connectivity index (χ2n) is 10.2. The zero-order chi connectivity index (χ0) is 28.3. The Morgan fingerprint density at radius 2 is 1.80 bits per heavy atom. The average molecular weight is 555 g/mol. The predicted molar refractivity (Wildman–Crippen MR) is 152 cm³/mol. The van der Waals surface area contributed by atoms with Gasteiger partial charge in [0, 0.05) is 12.0 Å². The van der Waals surface area contributed by atoms with E-state index in [9.17, 15) is 19.5 Å². The van der Waals surface area contributed by atoms with Crippen molar-refractivity contribution in [3.05, 3.63) is 93.6 Å². The number of esters is 1. The van der Waals surface area contributed by atoms with E-state index in [1.165, 1.54) is 23.3 Å². The van der Waals surface area contributed by atoms with E-state index in [2.05, 4.69) is 0 Å². The summed E-state index contributed by atoms with van der Waals surface area (Å²) >= 11 is 1.31. The van der Waals surface area contributed by atoms with Gasteiger partial charge in [0.15, 0.2) is 5.13 Å². The van der Waals surface area contributed by atoms with Crippen molar-refractivity contribution in [1.29, 1.82) is 0 Å². The van der Waals surface area contributed by atoms with Crippen LogP contribution in [0.5, 0.6) is 5.75 Å². The minimum absolute atomic E-state index is 0.0115. The highest BCUT2D eigenvalue weighted by Crippen LogP contribution is 2.45. The number of thiazole rings is 1. The fourth-order valence-electron chi connectivity index (χ4n) is 5.45. The van der Waals surface area contributed by atoms with Crippen LogP contribution in [0.4, 0.5) is 5.13 Å². The zero-order valence-electron chi connectivity index (χ0n) is 22.3. The molecule has 8 nitrogen and oxygen atoms in total. The number of aromatic nitrogens is 1. The number of fused-ring (bicyclic) bond motifs is 2. The van der Waals surface area contributed by atoms with Gasteiger partial charge in [-0.3, -0.25) is 14.5 Å². The average Bonchev–Trinajstić information content (AvgIpc) is 3.60. The third-order valence-corrected chi connectivity index (χ3v) is 8.29. The first-order chi connectivity index (χ1) is 19.2. The molecule has 2 atom stereocenters. The number of carbonyl (C=O) groups is 3. The van der Waals surface area contributed by atoms with Crippen LogP contribution in [0.25, 0.3) is 16.0 Å². The van der Waals surface area contributed by atoms with Crippen LogP contribution in [0.3, 0.4) is 0 Å². The molecule has 202 valence electrons. The first-order valence-electron chi connectivity index (χ1n) is 12.8. The lowest BCUT2D eigenvalue weighted by atomic mass is 9.94. The van der Waals surface area contributed by atoms with Gasteiger partial charge in [-0.05, 0) is 79.4 Å². The lowest BCUT2D eigenvalue weighted by molar-refractivity contribution is -0.132. The van der Waals surface area contributed by atoms with E-state index < -0.39 is 23.7 Å². The molecule has 4 aromatic rings. The largest absolute Gasteiger partial charge is 0.507 e. The number of hydrogen-bond acceptors (Lipinski definition) is 8. The summed E-state index contributed by atoms with van der Waals surface area (Å²) in [5, 5.41) is 11.9. The summed E-state index contributed by atoms with van der Waals surface area (Å²) < 4.78 is 11.5. The normalized spacial score (nSPS) is 19.6. The molecule has 1 aromatic heterocycles. The Hall–Kier alpha value is -4.50. The number of Topliss-reactive ketones (excluding diaryl/α,β-unsaturated/α-hetero) is 1. The van der Waals surface area contributed by atoms with E-state index >= 15 is 0 Å². The molecule has 0 unspecified atom stereocenters. The quantitative estimate of drug-likeness (QED) is 0.150. The molecule has 2 aliphatic heterocycles. The second kappa shape index (κ2) is 9.60. The van der Waals surface area contributed by atoms with Crippen LogP contribution >= 0.6 is 11.3 Å². The Labute approximate surface area is 234 Å². The van der Waals surface area contributed by atoms with Crippen LogP contribution in [-0.2, 0) is 20.7 Å². The smallest absolute Gasteiger partial charge is 0.337 e. The molecule has 6 rings (SSSR count). The molecule has 2 aliphatic rings. The van der Waals surface area contributed by atoms with Crippen molar-refractivity contribution in [2.24, 2.45) is 0 Å². The number of aryl methyl sites for hydroxylation is 2. The number of hydrogen-bond donors (Lipinski definition) is 1. The van der Waals surface area contributed by atoms with Crippen LogP contribution in [0.15, 0.2) is 60.2 Å². The monoisotopic (exact) mass is 554 g/mol. The second-order valence-corrected chi connectivity index (χ2v) is 11.2. The number of carbonyl (C=O) groups excluding carboxylic acids is 3. The number of aliphatic hydroxyl groups is 1. The third kappa shape index (κ3) is 4.14. The summed E-state index contributed by atoms with van der Waals surface area (Å²) in [5.74, 6) is -1.64. The molecule has 1 N–H and O–H groups in total. The number of methoxy groups -OCH3 is 1. The van der Waals surface area contributed by atoms with Gasteiger partial charge < -0.3 is 14.6 Å². The van der Waals surface area contributed by atoms with Crippen molar-refractivity contribution in [3.63, 3.8) is 0 Å². The van der Waals surface area contributed by atoms with E-state index in [1.807, 2.05) is 32.9 Å². The molecular weight excluding hydrogens is 528 g/mol. The molecule has 0 radical (unpaired) electrons. The van der Waals surface area contributed by atoms with E-state index in [1.54, 1.807) is 42.5 Å². The van der Waals surface area contributed by atoms with Crippen LogP contribution in [0, 0.1) is 13.8 Å². The third-order valence-electron chi connectivity index (χ3n) is 7.29. The van der Waals surface area contributed by atoms with E-state index in [0.29, 0.717) is 28.2 Å². The van der Waals surface area contributed by atoms with E-state index in [4.69, 9.17) is 14.5 Å². The standard InChI is InChI=1S/C31H26N2O6S/c1-15-11-16(2)25-23(12-15)40-31(32-25)33-26(18-5-7-19(8-6-18)30(37)38-4)24(28(35)29(33)36)27(34)20-9-10-22-21(14-20)13-17(3)39-22/h5-12,14,17,26,34H,13H2,1-4H3/t17-,26-/m1/s1. The SMILES string of the molecule is COC(=O)c1ccc([C@@H]2C(=C(O)c3ccc4c(c3)C[C@@H](C)O4)C(=O)C(=O)N2c2nc3c(C)cc(C)cc3s2)cc1. The van der Waals surface area contributed by atoms with Gasteiger partial charge in [0.2, 0.25) is 0 Å². The van der Waals surface area contributed by atoms with Crippen LogP contribution in [0.1, 0.15) is 51.1 Å².